The molecular weight excluding hydrogens is 309 g/mol. The lowest BCUT2D eigenvalue weighted by Gasteiger charge is -2.08. The van der Waals surface area contributed by atoms with E-state index in [2.05, 4.69) is 15.3 Å². The van der Waals surface area contributed by atoms with Crippen molar-refractivity contribution in [3.05, 3.63) is 51.0 Å². The van der Waals surface area contributed by atoms with E-state index in [4.69, 9.17) is 34.8 Å². The second-order valence-corrected chi connectivity index (χ2v) is 4.87. The summed E-state index contributed by atoms with van der Waals surface area (Å²) >= 11 is 17.6. The minimum absolute atomic E-state index is 0.0755. The molecule has 0 radical (unpaired) electrons. The quantitative estimate of drug-likeness (QED) is 0.852. The fourth-order valence-electron chi connectivity index (χ4n) is 1.37. The van der Waals surface area contributed by atoms with Gasteiger partial charge in [0.1, 0.15) is 12.0 Å². The van der Waals surface area contributed by atoms with Crippen LogP contribution >= 0.6 is 34.8 Å². The molecule has 2 rings (SSSR count). The van der Waals surface area contributed by atoms with E-state index in [1.807, 2.05) is 6.92 Å². The number of hydrogen-bond acceptors (Lipinski definition) is 3. The fraction of sp³-hybridized carbons (Fsp3) is 0.0833. The first-order chi connectivity index (χ1) is 8.99. The van der Waals surface area contributed by atoms with Crippen molar-refractivity contribution in [3.63, 3.8) is 0 Å². The standard InChI is InChI=1S/C12H8Cl3N3O/c1-6-2-3-7(4-8(6)13)12(19)18-9-10(14)16-5-17-11(9)15/h2-5H,1H3,(H,18,19). The lowest BCUT2D eigenvalue weighted by molar-refractivity contribution is 0.102. The Balaban J connectivity index is 2.28. The van der Waals surface area contributed by atoms with E-state index in [1.165, 1.54) is 6.33 Å². The number of rotatable bonds is 2. The summed E-state index contributed by atoms with van der Waals surface area (Å²) in [5.41, 5.74) is 1.46. The molecule has 98 valence electrons. The number of carbonyl (C=O) groups is 1. The summed E-state index contributed by atoms with van der Waals surface area (Å²) in [5.74, 6) is -0.388. The number of carbonyl (C=O) groups excluding carboxylic acids is 1. The molecule has 1 amide bonds. The maximum absolute atomic E-state index is 12.0. The van der Waals surface area contributed by atoms with Gasteiger partial charge in [-0.15, -0.1) is 0 Å². The molecule has 0 aliphatic rings. The normalized spacial score (nSPS) is 10.3. The van der Waals surface area contributed by atoms with Gasteiger partial charge in [0.15, 0.2) is 10.3 Å². The molecule has 4 nitrogen and oxygen atoms in total. The Morgan fingerprint density at radius 2 is 1.79 bits per heavy atom. The molecule has 1 aromatic carbocycles. The maximum atomic E-state index is 12.0. The van der Waals surface area contributed by atoms with Crippen LogP contribution in [0, 0.1) is 6.92 Å². The van der Waals surface area contributed by atoms with Gasteiger partial charge in [-0.2, -0.15) is 0 Å². The van der Waals surface area contributed by atoms with Crippen LogP contribution in [0.5, 0.6) is 0 Å². The minimum atomic E-state index is -0.388. The third-order valence-electron chi connectivity index (χ3n) is 2.43. The van der Waals surface area contributed by atoms with Crippen LogP contribution in [0.4, 0.5) is 5.69 Å². The smallest absolute Gasteiger partial charge is 0.255 e. The Kier molecular flexibility index (Phi) is 4.24. The number of nitrogens with one attached hydrogen (secondary N) is 1. The van der Waals surface area contributed by atoms with Crippen molar-refractivity contribution in [2.75, 3.05) is 5.32 Å². The average molecular weight is 317 g/mol. The van der Waals surface area contributed by atoms with Gasteiger partial charge in [-0.1, -0.05) is 40.9 Å². The predicted octanol–water partition coefficient (Wildman–Crippen LogP) is 4.00. The molecule has 0 saturated heterocycles. The Hall–Kier alpha value is -1.36. The molecule has 0 saturated carbocycles. The second kappa shape index (κ2) is 5.74. The van der Waals surface area contributed by atoms with E-state index in [0.29, 0.717) is 10.6 Å². The number of aryl methyl sites for hydroxylation is 1. The zero-order valence-corrected chi connectivity index (χ0v) is 12.0. The second-order valence-electron chi connectivity index (χ2n) is 3.75. The summed E-state index contributed by atoms with van der Waals surface area (Å²) in [7, 11) is 0. The summed E-state index contributed by atoms with van der Waals surface area (Å²) in [5, 5.41) is 3.21. The van der Waals surface area contributed by atoms with Crippen molar-refractivity contribution in [2.24, 2.45) is 0 Å². The lowest BCUT2D eigenvalue weighted by atomic mass is 10.1. The average Bonchev–Trinajstić information content (AvgIpc) is 2.37. The van der Waals surface area contributed by atoms with E-state index in [9.17, 15) is 4.79 Å². The van der Waals surface area contributed by atoms with Gasteiger partial charge in [0.05, 0.1) is 0 Å². The molecule has 1 heterocycles. The molecule has 0 atom stereocenters. The highest BCUT2D eigenvalue weighted by Crippen LogP contribution is 2.26. The number of halogens is 3. The highest BCUT2D eigenvalue weighted by Gasteiger charge is 2.13. The Labute approximate surface area is 124 Å². The van der Waals surface area contributed by atoms with Crippen LogP contribution in [-0.4, -0.2) is 15.9 Å². The highest BCUT2D eigenvalue weighted by molar-refractivity contribution is 6.38. The van der Waals surface area contributed by atoms with E-state index in [1.54, 1.807) is 18.2 Å². The molecule has 0 fully saturated rings. The summed E-state index contributed by atoms with van der Waals surface area (Å²) in [6.07, 6.45) is 1.21. The van der Waals surface area contributed by atoms with Crippen LogP contribution in [0.3, 0.4) is 0 Å². The van der Waals surface area contributed by atoms with Gasteiger partial charge in [0, 0.05) is 10.6 Å². The number of benzene rings is 1. The summed E-state index contributed by atoms with van der Waals surface area (Å²) in [4.78, 5) is 19.5. The van der Waals surface area contributed by atoms with Crippen LogP contribution < -0.4 is 5.32 Å². The molecule has 19 heavy (non-hydrogen) atoms. The summed E-state index contributed by atoms with van der Waals surface area (Å²) in [6, 6.07) is 4.97. The predicted molar refractivity (Wildman–Crippen MR) is 76.2 cm³/mol. The molecule has 2 aromatic rings. The third kappa shape index (κ3) is 3.15. The first-order valence-electron chi connectivity index (χ1n) is 5.22. The van der Waals surface area contributed by atoms with Gasteiger partial charge in [-0.25, -0.2) is 9.97 Å². The third-order valence-corrected chi connectivity index (χ3v) is 3.41. The van der Waals surface area contributed by atoms with Crippen molar-refractivity contribution in [1.29, 1.82) is 0 Å². The number of aromatic nitrogens is 2. The van der Waals surface area contributed by atoms with Crippen LogP contribution in [0.15, 0.2) is 24.5 Å². The van der Waals surface area contributed by atoms with Crippen LogP contribution in [0.1, 0.15) is 15.9 Å². The molecule has 0 aliphatic heterocycles. The molecule has 0 spiro atoms. The van der Waals surface area contributed by atoms with Gasteiger partial charge in [-0.05, 0) is 24.6 Å². The Morgan fingerprint density at radius 3 is 2.37 bits per heavy atom. The first-order valence-corrected chi connectivity index (χ1v) is 6.36. The van der Waals surface area contributed by atoms with E-state index >= 15 is 0 Å². The molecule has 0 unspecified atom stereocenters. The van der Waals surface area contributed by atoms with E-state index < -0.39 is 0 Å². The molecule has 1 aromatic heterocycles. The van der Waals surface area contributed by atoms with Gasteiger partial charge < -0.3 is 5.32 Å². The van der Waals surface area contributed by atoms with Crippen molar-refractivity contribution in [3.8, 4) is 0 Å². The number of amides is 1. The molecule has 0 bridgehead atoms. The van der Waals surface area contributed by atoms with Crippen LogP contribution in [0.25, 0.3) is 0 Å². The number of anilines is 1. The van der Waals surface area contributed by atoms with Gasteiger partial charge in [-0.3, -0.25) is 4.79 Å². The zero-order chi connectivity index (χ0) is 14.0. The monoisotopic (exact) mass is 315 g/mol. The van der Waals surface area contributed by atoms with E-state index in [0.717, 1.165) is 5.56 Å². The van der Waals surface area contributed by atoms with Crippen molar-refractivity contribution >= 4 is 46.4 Å². The Morgan fingerprint density at radius 1 is 1.16 bits per heavy atom. The number of hydrogen-bond donors (Lipinski definition) is 1. The zero-order valence-electron chi connectivity index (χ0n) is 9.75. The summed E-state index contributed by atoms with van der Waals surface area (Å²) in [6.45, 7) is 1.85. The van der Waals surface area contributed by atoms with Gasteiger partial charge in [0.2, 0.25) is 0 Å². The highest BCUT2D eigenvalue weighted by atomic mass is 35.5. The van der Waals surface area contributed by atoms with Crippen LogP contribution in [-0.2, 0) is 0 Å². The van der Waals surface area contributed by atoms with Crippen LogP contribution in [0.2, 0.25) is 15.3 Å². The SMILES string of the molecule is Cc1ccc(C(=O)Nc2c(Cl)ncnc2Cl)cc1Cl. The van der Waals surface area contributed by atoms with E-state index in [-0.39, 0.29) is 21.9 Å². The largest absolute Gasteiger partial charge is 0.317 e. The fourth-order valence-corrected chi connectivity index (χ4v) is 1.96. The first kappa shape index (κ1) is 14.1. The molecule has 7 heteroatoms. The van der Waals surface area contributed by atoms with Crippen molar-refractivity contribution in [2.45, 2.75) is 6.92 Å². The summed E-state index contributed by atoms with van der Waals surface area (Å²) < 4.78 is 0. The van der Waals surface area contributed by atoms with Gasteiger partial charge in [0.25, 0.3) is 5.91 Å². The molecule has 1 N–H and O–H groups in total. The van der Waals surface area contributed by atoms with Crippen molar-refractivity contribution in [1.82, 2.24) is 9.97 Å². The minimum Gasteiger partial charge on any atom is -0.317 e. The van der Waals surface area contributed by atoms with Crippen molar-refractivity contribution < 1.29 is 4.79 Å². The molecule has 0 aliphatic carbocycles. The topological polar surface area (TPSA) is 54.9 Å². The maximum Gasteiger partial charge on any atom is 0.255 e. The molecular formula is C12H8Cl3N3O. The van der Waals surface area contributed by atoms with Gasteiger partial charge >= 0.3 is 0 Å². The lowest BCUT2D eigenvalue weighted by Crippen LogP contribution is -2.13. The number of nitrogens with zero attached hydrogens (tertiary/aromatic N) is 2. The Bertz CT molecular complexity index is 626.